The summed E-state index contributed by atoms with van der Waals surface area (Å²) in [6.45, 7) is 3.75. The minimum Gasteiger partial charge on any atom is -0.396 e. The summed E-state index contributed by atoms with van der Waals surface area (Å²) in [5.74, 6) is 0.722. The molecule has 16 heavy (non-hydrogen) atoms. The van der Waals surface area contributed by atoms with Crippen LogP contribution in [0, 0.1) is 23.0 Å². The summed E-state index contributed by atoms with van der Waals surface area (Å²) in [7, 11) is 0. The summed E-state index contributed by atoms with van der Waals surface area (Å²) >= 11 is 1.31. The van der Waals surface area contributed by atoms with Crippen LogP contribution in [0.4, 0.5) is 5.69 Å². The monoisotopic (exact) mass is 242 g/mol. The van der Waals surface area contributed by atoms with E-state index in [9.17, 15) is 10.1 Å². The molecule has 0 bridgehead atoms. The summed E-state index contributed by atoms with van der Waals surface area (Å²) in [4.78, 5) is 14.5. The molecule has 88 valence electrons. The quantitative estimate of drug-likeness (QED) is 0.485. The highest BCUT2D eigenvalue weighted by atomic mass is 32.2. The van der Waals surface area contributed by atoms with Crippen molar-refractivity contribution in [3.63, 3.8) is 0 Å². The van der Waals surface area contributed by atoms with Gasteiger partial charge in [-0.25, -0.2) is 4.98 Å². The third kappa shape index (κ3) is 3.46. The molecule has 6 heteroatoms. The fraction of sp³-hybridized carbons (Fsp3) is 0.500. The van der Waals surface area contributed by atoms with E-state index < -0.39 is 4.92 Å². The van der Waals surface area contributed by atoms with E-state index in [0.717, 1.165) is 5.69 Å². The van der Waals surface area contributed by atoms with Crippen LogP contribution in [-0.2, 0) is 0 Å². The molecule has 0 amide bonds. The molecule has 0 radical (unpaired) electrons. The predicted molar refractivity (Wildman–Crippen MR) is 62.6 cm³/mol. The Morgan fingerprint density at radius 3 is 2.88 bits per heavy atom. The van der Waals surface area contributed by atoms with Crippen molar-refractivity contribution in [2.24, 2.45) is 5.92 Å². The molecular formula is C10H14N2O3S. The summed E-state index contributed by atoms with van der Waals surface area (Å²) in [6.07, 6.45) is 0. The van der Waals surface area contributed by atoms with Crippen molar-refractivity contribution in [2.75, 3.05) is 12.4 Å². The van der Waals surface area contributed by atoms with Crippen molar-refractivity contribution in [3.8, 4) is 0 Å². The zero-order chi connectivity index (χ0) is 12.1. The van der Waals surface area contributed by atoms with Gasteiger partial charge in [0.1, 0.15) is 0 Å². The largest absolute Gasteiger partial charge is 0.396 e. The molecule has 1 aromatic rings. The number of nitrogens with zero attached hydrogens (tertiary/aromatic N) is 2. The number of nitro groups is 1. The van der Waals surface area contributed by atoms with Crippen LogP contribution >= 0.6 is 11.8 Å². The number of aliphatic hydroxyl groups excluding tert-OH is 1. The molecule has 1 N–H and O–H groups in total. The van der Waals surface area contributed by atoms with Gasteiger partial charge in [0.15, 0.2) is 5.03 Å². The van der Waals surface area contributed by atoms with E-state index in [2.05, 4.69) is 4.98 Å². The van der Waals surface area contributed by atoms with Crippen molar-refractivity contribution in [3.05, 3.63) is 27.9 Å². The Morgan fingerprint density at radius 1 is 1.62 bits per heavy atom. The van der Waals surface area contributed by atoms with E-state index in [0.29, 0.717) is 10.8 Å². The van der Waals surface area contributed by atoms with Crippen LogP contribution in [0.25, 0.3) is 0 Å². The molecule has 0 saturated heterocycles. The standard InChI is InChI=1S/C10H14N2O3S/c1-7(5-13)6-16-10-9(12(14)15)4-3-8(2)11-10/h3-4,7,13H,5-6H2,1-2H3. The third-order valence-corrected chi connectivity index (χ3v) is 3.30. The average Bonchev–Trinajstić information content (AvgIpc) is 2.25. The van der Waals surface area contributed by atoms with E-state index in [1.54, 1.807) is 13.0 Å². The minimum atomic E-state index is -0.432. The maximum atomic E-state index is 10.8. The van der Waals surface area contributed by atoms with Crippen molar-refractivity contribution in [1.82, 2.24) is 4.98 Å². The second-order valence-electron chi connectivity index (χ2n) is 3.63. The Bertz CT molecular complexity index is 384. The molecule has 1 unspecified atom stereocenters. The van der Waals surface area contributed by atoms with E-state index in [-0.39, 0.29) is 18.2 Å². The van der Waals surface area contributed by atoms with Crippen molar-refractivity contribution < 1.29 is 10.0 Å². The van der Waals surface area contributed by atoms with Gasteiger partial charge in [-0.3, -0.25) is 10.1 Å². The Morgan fingerprint density at radius 2 is 2.31 bits per heavy atom. The number of thioether (sulfide) groups is 1. The van der Waals surface area contributed by atoms with Gasteiger partial charge in [-0.05, 0) is 18.9 Å². The van der Waals surface area contributed by atoms with E-state index in [1.165, 1.54) is 17.8 Å². The first-order valence-electron chi connectivity index (χ1n) is 4.90. The molecule has 1 aromatic heterocycles. The molecule has 1 atom stereocenters. The second-order valence-corrected chi connectivity index (χ2v) is 4.64. The van der Waals surface area contributed by atoms with Gasteiger partial charge < -0.3 is 5.11 Å². The minimum absolute atomic E-state index is 0.0285. The summed E-state index contributed by atoms with van der Waals surface area (Å²) in [5, 5.41) is 20.0. The summed E-state index contributed by atoms with van der Waals surface area (Å²) < 4.78 is 0. The van der Waals surface area contributed by atoms with Crippen LogP contribution in [-0.4, -0.2) is 27.4 Å². The zero-order valence-corrected chi connectivity index (χ0v) is 10.0. The molecule has 0 saturated carbocycles. The second kappa shape index (κ2) is 5.81. The summed E-state index contributed by atoms with van der Waals surface area (Å²) in [5.41, 5.74) is 0.783. The number of pyridine rings is 1. The lowest BCUT2D eigenvalue weighted by Gasteiger charge is -2.07. The van der Waals surface area contributed by atoms with Gasteiger partial charge in [0.05, 0.1) is 4.92 Å². The lowest BCUT2D eigenvalue weighted by molar-refractivity contribution is -0.388. The SMILES string of the molecule is Cc1ccc([N+](=O)[O-])c(SCC(C)CO)n1. The first kappa shape index (κ1) is 12.9. The van der Waals surface area contributed by atoms with Crippen molar-refractivity contribution >= 4 is 17.4 Å². The van der Waals surface area contributed by atoms with Gasteiger partial charge in [-0.1, -0.05) is 18.7 Å². The average molecular weight is 242 g/mol. The summed E-state index contributed by atoms with van der Waals surface area (Å²) in [6, 6.07) is 3.09. The third-order valence-electron chi connectivity index (χ3n) is 1.99. The fourth-order valence-electron chi connectivity index (χ4n) is 1.04. The number of hydrogen-bond acceptors (Lipinski definition) is 5. The van der Waals surface area contributed by atoms with Crippen molar-refractivity contribution in [1.29, 1.82) is 0 Å². The number of rotatable bonds is 5. The molecule has 1 rings (SSSR count). The molecule has 0 fully saturated rings. The van der Waals surface area contributed by atoms with Crippen molar-refractivity contribution in [2.45, 2.75) is 18.9 Å². The zero-order valence-electron chi connectivity index (χ0n) is 9.21. The highest BCUT2D eigenvalue weighted by Crippen LogP contribution is 2.28. The molecule has 0 aromatic carbocycles. The Balaban J connectivity index is 2.84. The first-order chi connectivity index (χ1) is 7.54. The van der Waals surface area contributed by atoms with Gasteiger partial charge >= 0.3 is 5.69 Å². The van der Waals surface area contributed by atoms with Crippen LogP contribution in [0.15, 0.2) is 17.2 Å². The number of aliphatic hydroxyl groups is 1. The van der Waals surface area contributed by atoms with Gasteiger partial charge in [-0.15, -0.1) is 0 Å². The van der Waals surface area contributed by atoms with Crippen LogP contribution in [0.5, 0.6) is 0 Å². The lowest BCUT2D eigenvalue weighted by atomic mass is 10.2. The van der Waals surface area contributed by atoms with E-state index in [4.69, 9.17) is 5.11 Å². The van der Waals surface area contributed by atoms with Crippen LogP contribution < -0.4 is 0 Å². The first-order valence-corrected chi connectivity index (χ1v) is 5.89. The molecule has 0 aliphatic heterocycles. The van der Waals surface area contributed by atoms with Gasteiger partial charge in [0.2, 0.25) is 0 Å². The molecule has 5 nitrogen and oxygen atoms in total. The van der Waals surface area contributed by atoms with Crippen LogP contribution in [0.3, 0.4) is 0 Å². The maximum absolute atomic E-state index is 10.8. The highest BCUT2D eigenvalue weighted by molar-refractivity contribution is 7.99. The lowest BCUT2D eigenvalue weighted by Crippen LogP contribution is -2.04. The Hall–Kier alpha value is -1.14. The van der Waals surface area contributed by atoms with Gasteiger partial charge in [-0.2, -0.15) is 0 Å². The molecule has 0 aliphatic rings. The van der Waals surface area contributed by atoms with E-state index in [1.807, 2.05) is 6.92 Å². The van der Waals surface area contributed by atoms with Crippen LogP contribution in [0.2, 0.25) is 0 Å². The molecule has 0 aliphatic carbocycles. The number of hydrogen-bond donors (Lipinski definition) is 1. The number of aryl methyl sites for hydroxylation is 1. The van der Waals surface area contributed by atoms with Crippen LogP contribution in [0.1, 0.15) is 12.6 Å². The molecule has 1 heterocycles. The molecule has 0 spiro atoms. The van der Waals surface area contributed by atoms with E-state index >= 15 is 0 Å². The Kier molecular flexibility index (Phi) is 4.70. The van der Waals surface area contributed by atoms with Gasteiger partial charge in [0.25, 0.3) is 0 Å². The smallest absolute Gasteiger partial charge is 0.301 e. The molecular weight excluding hydrogens is 228 g/mol. The van der Waals surface area contributed by atoms with Gasteiger partial charge in [0, 0.05) is 24.1 Å². The highest BCUT2D eigenvalue weighted by Gasteiger charge is 2.16. The number of aromatic nitrogens is 1. The predicted octanol–water partition coefficient (Wildman–Crippen LogP) is 2.02. The topological polar surface area (TPSA) is 76.3 Å². The Labute approximate surface area is 98.0 Å². The maximum Gasteiger partial charge on any atom is 0.301 e. The normalized spacial score (nSPS) is 12.4. The fourth-order valence-corrected chi connectivity index (χ4v) is 2.09.